The molecule has 0 aliphatic heterocycles. The van der Waals surface area contributed by atoms with E-state index in [1.54, 1.807) is 14.0 Å². The number of anilines is 3. The Morgan fingerprint density at radius 2 is 2.08 bits per heavy atom. The molecule has 0 spiro atoms. The number of nitrogens with one attached hydrogen (secondary N) is 3. The van der Waals surface area contributed by atoms with E-state index in [4.69, 9.17) is 16.3 Å². The third-order valence-corrected chi connectivity index (χ3v) is 4.47. The van der Waals surface area contributed by atoms with Gasteiger partial charge in [0, 0.05) is 5.69 Å². The Balaban J connectivity index is 1.67. The molecule has 2 heterocycles. The van der Waals surface area contributed by atoms with E-state index >= 15 is 0 Å². The summed E-state index contributed by atoms with van der Waals surface area (Å²) >= 11 is 7.44. The first-order chi connectivity index (χ1) is 12.5. The summed E-state index contributed by atoms with van der Waals surface area (Å²) in [6.07, 6.45) is 1.49. The summed E-state index contributed by atoms with van der Waals surface area (Å²) in [5.41, 5.74) is 3.38. The third kappa shape index (κ3) is 4.35. The van der Waals surface area contributed by atoms with E-state index in [-0.39, 0.29) is 17.2 Å². The lowest BCUT2D eigenvalue weighted by molar-refractivity contribution is 0.415. The summed E-state index contributed by atoms with van der Waals surface area (Å²) in [6.45, 7) is 1.56. The predicted octanol–water partition coefficient (Wildman–Crippen LogP) is 2.78. The maximum atomic E-state index is 11.4. The molecule has 1 aromatic carbocycles. The minimum atomic E-state index is -0.334. The molecule has 9 nitrogen and oxygen atoms in total. The van der Waals surface area contributed by atoms with Crippen LogP contribution in [-0.4, -0.2) is 33.5 Å². The highest BCUT2D eigenvalue weighted by Gasteiger charge is 2.08. The van der Waals surface area contributed by atoms with Crippen molar-refractivity contribution in [2.24, 2.45) is 5.10 Å². The fourth-order valence-corrected chi connectivity index (χ4v) is 2.89. The van der Waals surface area contributed by atoms with E-state index in [0.29, 0.717) is 15.2 Å². The quantitative estimate of drug-likeness (QED) is 0.436. The Morgan fingerprint density at radius 1 is 1.31 bits per heavy atom. The minimum absolute atomic E-state index is 0.133. The van der Waals surface area contributed by atoms with Crippen LogP contribution in [0.2, 0.25) is 5.15 Å². The van der Waals surface area contributed by atoms with E-state index in [2.05, 4.69) is 36.0 Å². The van der Waals surface area contributed by atoms with Crippen molar-refractivity contribution in [3.05, 3.63) is 50.3 Å². The lowest BCUT2D eigenvalue weighted by Gasteiger charge is -2.03. The maximum absolute atomic E-state index is 11.4. The number of hydrogen-bond donors (Lipinski definition) is 3. The molecular formula is C15H14ClN7O2S. The standard InChI is InChI=1S/C15H14ClN7O2S/c1-8-13(24)20-14(23-21-8)22-17-7-11-12(16)19-15(26-11)18-9-3-5-10(25-2)6-4-9/h3-7H,1-2H3,(H,18,19)(H2,20,22,23,24)/b17-7+. The zero-order valence-corrected chi connectivity index (χ0v) is 15.4. The van der Waals surface area contributed by atoms with Gasteiger partial charge in [0.1, 0.15) is 11.4 Å². The van der Waals surface area contributed by atoms with Crippen molar-refractivity contribution in [1.82, 2.24) is 20.2 Å². The SMILES string of the molecule is COc1ccc(Nc2nc(Cl)c(/C=N/Nc3nnc(C)c(=O)[nH]3)s2)cc1. The summed E-state index contributed by atoms with van der Waals surface area (Å²) in [4.78, 5) is 18.8. The summed E-state index contributed by atoms with van der Waals surface area (Å²) in [5.74, 6) is 0.901. The van der Waals surface area contributed by atoms with Gasteiger partial charge in [-0.15, -0.1) is 10.2 Å². The van der Waals surface area contributed by atoms with Gasteiger partial charge in [-0.05, 0) is 31.2 Å². The van der Waals surface area contributed by atoms with Crippen LogP contribution >= 0.6 is 22.9 Å². The van der Waals surface area contributed by atoms with Crippen molar-refractivity contribution in [2.75, 3.05) is 17.9 Å². The number of H-pyrrole nitrogens is 1. The van der Waals surface area contributed by atoms with Crippen LogP contribution in [-0.2, 0) is 0 Å². The highest BCUT2D eigenvalue weighted by molar-refractivity contribution is 7.17. The lowest BCUT2D eigenvalue weighted by Crippen LogP contribution is -2.15. The van der Waals surface area contributed by atoms with Crippen molar-refractivity contribution < 1.29 is 4.74 Å². The molecule has 0 radical (unpaired) electrons. The van der Waals surface area contributed by atoms with Gasteiger partial charge in [0.05, 0.1) is 18.2 Å². The van der Waals surface area contributed by atoms with Crippen LogP contribution < -0.4 is 21.0 Å². The maximum Gasteiger partial charge on any atom is 0.274 e. The fourth-order valence-electron chi connectivity index (χ4n) is 1.84. The Bertz CT molecular complexity index is 984. The zero-order chi connectivity index (χ0) is 18.5. The summed E-state index contributed by atoms with van der Waals surface area (Å²) in [5, 5.41) is 15.5. The Labute approximate surface area is 157 Å². The molecule has 0 unspecified atom stereocenters. The van der Waals surface area contributed by atoms with Crippen LogP contribution in [0.1, 0.15) is 10.6 Å². The normalized spacial score (nSPS) is 10.9. The molecule has 26 heavy (non-hydrogen) atoms. The summed E-state index contributed by atoms with van der Waals surface area (Å²) < 4.78 is 5.12. The monoisotopic (exact) mass is 391 g/mol. The molecule has 0 atom stereocenters. The number of ether oxygens (including phenoxy) is 1. The number of aromatic amines is 1. The van der Waals surface area contributed by atoms with Crippen LogP contribution in [0.15, 0.2) is 34.2 Å². The second-order valence-electron chi connectivity index (χ2n) is 4.99. The van der Waals surface area contributed by atoms with Gasteiger partial charge in [-0.2, -0.15) is 5.10 Å². The van der Waals surface area contributed by atoms with Crippen LogP contribution in [0.4, 0.5) is 16.8 Å². The molecule has 134 valence electrons. The number of thiazole rings is 1. The molecular weight excluding hydrogens is 378 g/mol. The average Bonchev–Trinajstić information content (AvgIpc) is 2.98. The second-order valence-corrected chi connectivity index (χ2v) is 6.37. The number of halogens is 1. The molecule has 2 aromatic heterocycles. The van der Waals surface area contributed by atoms with Gasteiger partial charge in [0.2, 0.25) is 5.95 Å². The molecule has 0 bridgehead atoms. The highest BCUT2D eigenvalue weighted by Crippen LogP contribution is 2.28. The van der Waals surface area contributed by atoms with Gasteiger partial charge in [0.25, 0.3) is 5.56 Å². The number of aryl methyl sites for hydroxylation is 1. The summed E-state index contributed by atoms with van der Waals surface area (Å²) in [7, 11) is 1.61. The van der Waals surface area contributed by atoms with E-state index in [1.165, 1.54) is 17.6 Å². The topological polar surface area (TPSA) is 117 Å². The molecule has 11 heteroatoms. The molecule has 0 aliphatic rings. The van der Waals surface area contributed by atoms with Gasteiger partial charge in [-0.3, -0.25) is 9.78 Å². The average molecular weight is 392 g/mol. The lowest BCUT2D eigenvalue weighted by atomic mass is 10.3. The smallest absolute Gasteiger partial charge is 0.274 e. The van der Waals surface area contributed by atoms with Gasteiger partial charge in [0.15, 0.2) is 10.3 Å². The van der Waals surface area contributed by atoms with Crippen molar-refractivity contribution in [3.8, 4) is 5.75 Å². The van der Waals surface area contributed by atoms with E-state index in [1.807, 2.05) is 24.3 Å². The minimum Gasteiger partial charge on any atom is -0.497 e. The fraction of sp³-hybridized carbons (Fsp3) is 0.133. The van der Waals surface area contributed by atoms with Crippen molar-refractivity contribution in [2.45, 2.75) is 6.92 Å². The number of hydrazone groups is 1. The molecule has 0 amide bonds. The molecule has 0 saturated heterocycles. The number of rotatable bonds is 6. The first-order valence-corrected chi connectivity index (χ1v) is 8.54. The van der Waals surface area contributed by atoms with Gasteiger partial charge in [-0.1, -0.05) is 22.9 Å². The number of nitrogens with zero attached hydrogens (tertiary/aromatic N) is 4. The largest absolute Gasteiger partial charge is 0.497 e. The molecule has 0 fully saturated rings. The Kier molecular flexibility index (Phi) is 5.44. The van der Waals surface area contributed by atoms with Crippen molar-refractivity contribution in [3.63, 3.8) is 0 Å². The first kappa shape index (κ1) is 17.8. The highest BCUT2D eigenvalue weighted by atomic mass is 35.5. The van der Waals surface area contributed by atoms with E-state index in [9.17, 15) is 4.79 Å². The Hall–Kier alpha value is -2.98. The third-order valence-electron chi connectivity index (χ3n) is 3.16. The molecule has 0 saturated carbocycles. The summed E-state index contributed by atoms with van der Waals surface area (Å²) in [6, 6.07) is 7.42. The van der Waals surface area contributed by atoms with Gasteiger partial charge >= 0.3 is 0 Å². The van der Waals surface area contributed by atoms with Crippen LogP contribution in [0.3, 0.4) is 0 Å². The number of benzene rings is 1. The van der Waals surface area contributed by atoms with Gasteiger partial charge < -0.3 is 10.1 Å². The Morgan fingerprint density at radius 3 is 2.77 bits per heavy atom. The predicted molar refractivity (Wildman–Crippen MR) is 102 cm³/mol. The van der Waals surface area contributed by atoms with Crippen molar-refractivity contribution in [1.29, 1.82) is 0 Å². The second kappa shape index (κ2) is 7.93. The van der Waals surface area contributed by atoms with Crippen LogP contribution in [0, 0.1) is 6.92 Å². The van der Waals surface area contributed by atoms with E-state index in [0.717, 1.165) is 11.4 Å². The van der Waals surface area contributed by atoms with Crippen LogP contribution in [0.25, 0.3) is 0 Å². The molecule has 3 aromatic rings. The van der Waals surface area contributed by atoms with E-state index < -0.39 is 0 Å². The zero-order valence-electron chi connectivity index (χ0n) is 13.8. The molecule has 0 aliphatic carbocycles. The first-order valence-electron chi connectivity index (χ1n) is 7.35. The van der Waals surface area contributed by atoms with Crippen molar-refractivity contribution >= 4 is 45.9 Å². The number of methoxy groups -OCH3 is 1. The number of hydrogen-bond acceptors (Lipinski definition) is 9. The molecule has 3 rings (SSSR count). The van der Waals surface area contributed by atoms with Crippen LogP contribution in [0.5, 0.6) is 5.75 Å². The number of aromatic nitrogens is 4. The van der Waals surface area contributed by atoms with Gasteiger partial charge in [-0.25, -0.2) is 10.4 Å². The molecule has 3 N–H and O–H groups in total.